The normalized spacial score (nSPS) is 20.9. The highest BCUT2D eigenvalue weighted by Crippen LogP contribution is 2.38. The molecule has 1 saturated carbocycles. The molecule has 0 unspecified atom stereocenters. The lowest BCUT2D eigenvalue weighted by atomic mass is 9.71. The van der Waals surface area contributed by atoms with Gasteiger partial charge in [-0.1, -0.05) is 13.8 Å². The van der Waals surface area contributed by atoms with Gasteiger partial charge in [0, 0.05) is 18.8 Å². The zero-order valence-corrected chi connectivity index (χ0v) is 10.0. The molecule has 0 amide bonds. The van der Waals surface area contributed by atoms with Crippen LogP contribution < -0.4 is 0 Å². The topological polar surface area (TPSA) is 17.1 Å². The highest BCUT2D eigenvalue weighted by Gasteiger charge is 2.29. The van der Waals surface area contributed by atoms with Gasteiger partial charge in [-0.25, -0.2) is 0 Å². The van der Waals surface area contributed by atoms with Gasteiger partial charge in [0.1, 0.15) is 5.78 Å². The SMILES string of the molecule is C#CCCCC(=O)C1CCC(C)(C)CC1. The van der Waals surface area contributed by atoms with Crippen molar-refractivity contribution in [1.82, 2.24) is 0 Å². The molecule has 0 radical (unpaired) electrons. The van der Waals surface area contributed by atoms with Crippen molar-refractivity contribution >= 4 is 5.78 Å². The zero-order valence-electron chi connectivity index (χ0n) is 10.0. The standard InChI is InChI=1S/C14H22O/c1-4-5-6-7-13(15)12-8-10-14(2,3)11-9-12/h1,12H,5-11H2,2-3H3. The molecule has 1 nitrogen and oxygen atoms in total. The van der Waals surface area contributed by atoms with E-state index in [0.717, 1.165) is 25.7 Å². The van der Waals surface area contributed by atoms with Crippen LogP contribution in [-0.4, -0.2) is 5.78 Å². The van der Waals surface area contributed by atoms with Crippen LogP contribution in [0, 0.1) is 23.7 Å². The van der Waals surface area contributed by atoms with E-state index in [2.05, 4.69) is 19.8 Å². The monoisotopic (exact) mass is 206 g/mol. The molecular formula is C14H22O. The van der Waals surface area contributed by atoms with Crippen molar-refractivity contribution in [2.24, 2.45) is 11.3 Å². The number of rotatable bonds is 4. The van der Waals surface area contributed by atoms with E-state index in [-0.39, 0.29) is 0 Å². The summed E-state index contributed by atoms with van der Waals surface area (Å²) in [6, 6.07) is 0. The molecule has 1 heteroatoms. The molecule has 0 aromatic rings. The van der Waals surface area contributed by atoms with E-state index in [0.29, 0.717) is 23.5 Å². The molecule has 0 atom stereocenters. The van der Waals surface area contributed by atoms with Gasteiger partial charge in [-0.2, -0.15) is 0 Å². The molecule has 0 saturated heterocycles. The molecular weight excluding hydrogens is 184 g/mol. The quantitative estimate of drug-likeness (QED) is 0.507. The van der Waals surface area contributed by atoms with Crippen LogP contribution in [0.15, 0.2) is 0 Å². The molecule has 1 rings (SSSR count). The van der Waals surface area contributed by atoms with Crippen molar-refractivity contribution in [2.75, 3.05) is 0 Å². The minimum Gasteiger partial charge on any atom is -0.299 e. The summed E-state index contributed by atoms with van der Waals surface area (Å²) in [4.78, 5) is 11.8. The van der Waals surface area contributed by atoms with E-state index in [9.17, 15) is 4.79 Å². The lowest BCUT2D eigenvalue weighted by molar-refractivity contribution is -0.124. The molecule has 15 heavy (non-hydrogen) atoms. The molecule has 0 bridgehead atoms. The van der Waals surface area contributed by atoms with Crippen LogP contribution in [0.5, 0.6) is 0 Å². The highest BCUT2D eigenvalue weighted by atomic mass is 16.1. The van der Waals surface area contributed by atoms with Gasteiger partial charge in [0.15, 0.2) is 0 Å². The Morgan fingerprint density at radius 2 is 2.00 bits per heavy atom. The van der Waals surface area contributed by atoms with E-state index in [4.69, 9.17) is 6.42 Å². The van der Waals surface area contributed by atoms with Crippen molar-refractivity contribution in [3.63, 3.8) is 0 Å². The van der Waals surface area contributed by atoms with Gasteiger partial charge in [0.2, 0.25) is 0 Å². The number of carbonyl (C=O) groups excluding carboxylic acids is 1. The smallest absolute Gasteiger partial charge is 0.136 e. The Bertz CT molecular complexity index is 247. The third-order valence-electron chi connectivity index (χ3n) is 3.54. The number of hydrogen-bond acceptors (Lipinski definition) is 1. The molecule has 0 heterocycles. The first-order valence-corrected chi connectivity index (χ1v) is 6.01. The van der Waals surface area contributed by atoms with Crippen LogP contribution in [-0.2, 0) is 4.79 Å². The second kappa shape index (κ2) is 5.35. The molecule has 0 aromatic carbocycles. The number of Topliss-reactive ketones (excluding diaryl/α,β-unsaturated/α-hetero) is 1. The highest BCUT2D eigenvalue weighted by molar-refractivity contribution is 5.81. The minimum absolute atomic E-state index is 0.329. The lowest BCUT2D eigenvalue weighted by Gasteiger charge is -2.33. The van der Waals surface area contributed by atoms with Crippen LogP contribution in [0.4, 0.5) is 0 Å². The predicted molar refractivity (Wildman–Crippen MR) is 63.4 cm³/mol. The molecule has 0 N–H and O–H groups in total. The average molecular weight is 206 g/mol. The fourth-order valence-electron chi connectivity index (χ4n) is 2.29. The van der Waals surface area contributed by atoms with Crippen molar-refractivity contribution in [3.8, 4) is 12.3 Å². The molecule has 0 aromatic heterocycles. The van der Waals surface area contributed by atoms with Gasteiger partial charge in [0.05, 0.1) is 0 Å². The second-order valence-electron chi connectivity index (χ2n) is 5.46. The van der Waals surface area contributed by atoms with E-state index < -0.39 is 0 Å². The van der Waals surface area contributed by atoms with Gasteiger partial charge in [-0.15, -0.1) is 12.3 Å². The molecule has 0 spiro atoms. The predicted octanol–water partition coefficient (Wildman–Crippen LogP) is 3.58. The van der Waals surface area contributed by atoms with E-state index in [1.54, 1.807) is 0 Å². The Hall–Kier alpha value is -0.770. The molecule has 1 fully saturated rings. The third kappa shape index (κ3) is 4.08. The fourth-order valence-corrected chi connectivity index (χ4v) is 2.29. The van der Waals surface area contributed by atoms with Crippen LogP contribution in [0.1, 0.15) is 58.8 Å². The summed E-state index contributed by atoms with van der Waals surface area (Å²) in [6.45, 7) is 4.60. The Morgan fingerprint density at radius 1 is 1.40 bits per heavy atom. The maximum absolute atomic E-state index is 11.8. The largest absolute Gasteiger partial charge is 0.299 e. The van der Waals surface area contributed by atoms with E-state index in [1.165, 1.54) is 12.8 Å². The summed E-state index contributed by atoms with van der Waals surface area (Å²) in [5, 5.41) is 0. The summed E-state index contributed by atoms with van der Waals surface area (Å²) in [5.41, 5.74) is 0.454. The number of unbranched alkanes of at least 4 members (excludes halogenated alkanes) is 1. The van der Waals surface area contributed by atoms with Crippen LogP contribution in [0.25, 0.3) is 0 Å². The van der Waals surface area contributed by atoms with Gasteiger partial charge < -0.3 is 0 Å². The Balaban J connectivity index is 2.28. The van der Waals surface area contributed by atoms with Crippen LogP contribution in [0.3, 0.4) is 0 Å². The number of carbonyl (C=O) groups is 1. The molecule has 0 aliphatic heterocycles. The van der Waals surface area contributed by atoms with E-state index in [1.807, 2.05) is 0 Å². The van der Waals surface area contributed by atoms with Gasteiger partial charge in [0.25, 0.3) is 0 Å². The number of ketones is 1. The van der Waals surface area contributed by atoms with Crippen LogP contribution in [0.2, 0.25) is 0 Å². The van der Waals surface area contributed by atoms with Crippen molar-refractivity contribution < 1.29 is 4.79 Å². The summed E-state index contributed by atoms with van der Waals surface area (Å²) < 4.78 is 0. The van der Waals surface area contributed by atoms with Gasteiger partial charge in [-0.05, 0) is 37.5 Å². The Kier molecular flexibility index (Phi) is 4.39. The third-order valence-corrected chi connectivity index (χ3v) is 3.54. The second-order valence-corrected chi connectivity index (χ2v) is 5.46. The molecule has 1 aliphatic rings. The summed E-state index contributed by atoms with van der Waals surface area (Å²) in [6.07, 6.45) is 12.0. The number of terminal acetylenes is 1. The molecule has 84 valence electrons. The summed E-state index contributed by atoms with van der Waals surface area (Å²) >= 11 is 0. The van der Waals surface area contributed by atoms with Gasteiger partial charge in [-0.3, -0.25) is 4.79 Å². The fraction of sp³-hybridized carbons (Fsp3) is 0.786. The van der Waals surface area contributed by atoms with Crippen molar-refractivity contribution in [2.45, 2.75) is 58.8 Å². The first-order chi connectivity index (χ1) is 7.05. The van der Waals surface area contributed by atoms with Crippen molar-refractivity contribution in [1.29, 1.82) is 0 Å². The summed E-state index contributed by atoms with van der Waals surface area (Å²) in [7, 11) is 0. The average Bonchev–Trinajstić information content (AvgIpc) is 2.18. The van der Waals surface area contributed by atoms with E-state index >= 15 is 0 Å². The first-order valence-electron chi connectivity index (χ1n) is 6.01. The maximum Gasteiger partial charge on any atom is 0.136 e. The Morgan fingerprint density at radius 3 is 2.53 bits per heavy atom. The maximum atomic E-state index is 11.8. The molecule has 1 aliphatic carbocycles. The first kappa shape index (κ1) is 12.3. The lowest BCUT2D eigenvalue weighted by Crippen LogP contribution is -2.26. The zero-order chi connectivity index (χ0) is 11.3. The Labute approximate surface area is 93.6 Å². The van der Waals surface area contributed by atoms with Crippen LogP contribution >= 0.6 is 0 Å². The van der Waals surface area contributed by atoms with Crippen molar-refractivity contribution in [3.05, 3.63) is 0 Å². The van der Waals surface area contributed by atoms with Gasteiger partial charge >= 0.3 is 0 Å². The number of hydrogen-bond donors (Lipinski definition) is 0. The summed E-state index contributed by atoms with van der Waals surface area (Å²) in [5.74, 6) is 3.36. The minimum atomic E-state index is 0.329.